The van der Waals surface area contributed by atoms with Gasteiger partial charge in [-0.25, -0.2) is 0 Å². The highest BCUT2D eigenvalue weighted by atomic mass is 16.7. The fourth-order valence-electron chi connectivity index (χ4n) is 10.0. The van der Waals surface area contributed by atoms with Crippen LogP contribution >= 0.6 is 0 Å². The second kappa shape index (κ2) is 5.98. The lowest BCUT2D eigenvalue weighted by atomic mass is 9.33. The van der Waals surface area contributed by atoms with Gasteiger partial charge < -0.3 is 19.3 Å². The molecule has 184 valence electrons. The molecule has 1 aromatic rings. The number of phenols is 1. The van der Waals surface area contributed by atoms with Crippen molar-refractivity contribution in [3.8, 4) is 11.5 Å². The van der Waals surface area contributed by atoms with E-state index in [2.05, 4.69) is 38.7 Å². The first-order chi connectivity index (χ1) is 16.2. The summed E-state index contributed by atoms with van der Waals surface area (Å²) in [4.78, 5) is 2.88. The average Bonchev–Trinajstić information content (AvgIpc) is 3.53. The number of rotatable bonds is 2. The second-order valence-corrected chi connectivity index (χ2v) is 14.0. The van der Waals surface area contributed by atoms with Gasteiger partial charge in [-0.15, -0.1) is 0 Å². The SMILES string of the molecule is CC(C)(C)[C@@]1(C)OCO[C@]23CC[C@@]4(C[C@@H]21)[C@H]1Cc2ccc(O)c5c2[C@@]4(CCN1CC1CC1)[C@H]3O5. The summed E-state index contributed by atoms with van der Waals surface area (Å²) in [5.74, 6) is 2.26. The fraction of sp³-hybridized carbons (Fsp3) is 0.793. The summed E-state index contributed by atoms with van der Waals surface area (Å²) in [6.45, 7) is 12.1. The Morgan fingerprint density at radius 1 is 1.12 bits per heavy atom. The Morgan fingerprint density at radius 2 is 1.94 bits per heavy atom. The number of piperidine rings is 1. The van der Waals surface area contributed by atoms with E-state index in [9.17, 15) is 5.11 Å². The maximum absolute atomic E-state index is 11.0. The van der Waals surface area contributed by atoms with Crippen molar-refractivity contribution < 1.29 is 19.3 Å². The average molecular weight is 466 g/mol. The van der Waals surface area contributed by atoms with Gasteiger partial charge in [-0.2, -0.15) is 0 Å². The van der Waals surface area contributed by atoms with Crippen molar-refractivity contribution in [2.75, 3.05) is 19.9 Å². The van der Waals surface area contributed by atoms with Crippen LogP contribution in [-0.2, 0) is 21.3 Å². The molecule has 0 radical (unpaired) electrons. The molecule has 2 saturated heterocycles. The summed E-state index contributed by atoms with van der Waals surface area (Å²) in [5, 5.41) is 11.0. The minimum Gasteiger partial charge on any atom is -0.504 e. The van der Waals surface area contributed by atoms with Crippen LogP contribution in [0.1, 0.15) is 77.3 Å². The lowest BCUT2D eigenvalue weighted by Crippen LogP contribution is -2.84. The number of nitrogens with zero attached hydrogens (tertiary/aromatic N) is 1. The molecule has 1 aromatic carbocycles. The van der Waals surface area contributed by atoms with E-state index in [4.69, 9.17) is 14.2 Å². The molecular weight excluding hydrogens is 426 g/mol. The maximum Gasteiger partial charge on any atom is 0.165 e. The lowest BCUT2D eigenvalue weighted by Gasteiger charge is -2.77. The minimum absolute atomic E-state index is 0.00797. The van der Waals surface area contributed by atoms with Crippen LogP contribution in [0.2, 0.25) is 0 Å². The number of hydrogen-bond acceptors (Lipinski definition) is 5. The Bertz CT molecular complexity index is 1090. The summed E-state index contributed by atoms with van der Waals surface area (Å²) in [5.41, 5.74) is 2.22. The Balaban J connectivity index is 1.38. The summed E-state index contributed by atoms with van der Waals surface area (Å²) in [6, 6.07) is 4.62. The first-order valence-corrected chi connectivity index (χ1v) is 13.7. The molecule has 5 aliphatic carbocycles. The number of ether oxygens (including phenoxy) is 3. The highest BCUT2D eigenvalue weighted by molar-refractivity contribution is 5.63. The zero-order valence-electron chi connectivity index (χ0n) is 21.2. The Labute approximate surface area is 203 Å². The Hall–Kier alpha value is -1.30. The van der Waals surface area contributed by atoms with Gasteiger partial charge in [0.05, 0.1) is 5.60 Å². The predicted molar refractivity (Wildman–Crippen MR) is 128 cm³/mol. The molecular formula is C29H39NO4. The molecule has 3 heterocycles. The Kier molecular flexibility index (Phi) is 3.67. The number of fused-ring (bicyclic) bond motifs is 1. The number of phenolic OH excluding ortho intramolecular Hbond substituents is 1. The topological polar surface area (TPSA) is 51.2 Å². The quantitative estimate of drug-likeness (QED) is 0.681. The van der Waals surface area contributed by atoms with Crippen LogP contribution in [0, 0.1) is 22.7 Å². The van der Waals surface area contributed by atoms with Crippen molar-refractivity contribution in [3.63, 3.8) is 0 Å². The van der Waals surface area contributed by atoms with Crippen LogP contribution in [0.25, 0.3) is 0 Å². The molecule has 7 atom stereocenters. The molecule has 3 spiro atoms. The minimum atomic E-state index is -0.356. The summed E-state index contributed by atoms with van der Waals surface area (Å²) >= 11 is 0. The van der Waals surface area contributed by atoms with Crippen LogP contribution in [0.4, 0.5) is 0 Å². The van der Waals surface area contributed by atoms with E-state index in [1.54, 1.807) is 0 Å². The molecule has 0 unspecified atom stereocenters. The molecule has 5 nitrogen and oxygen atoms in total. The molecule has 34 heavy (non-hydrogen) atoms. The molecule has 0 aromatic heterocycles. The van der Waals surface area contributed by atoms with E-state index >= 15 is 0 Å². The van der Waals surface area contributed by atoms with Crippen LogP contribution in [0.3, 0.4) is 0 Å². The highest BCUT2D eigenvalue weighted by Gasteiger charge is 2.83. The van der Waals surface area contributed by atoms with Crippen molar-refractivity contribution in [2.24, 2.45) is 22.7 Å². The normalized spacial score (nSPS) is 48.3. The Morgan fingerprint density at radius 3 is 2.71 bits per heavy atom. The predicted octanol–water partition coefficient (Wildman–Crippen LogP) is 4.78. The van der Waals surface area contributed by atoms with E-state index in [0.29, 0.717) is 18.6 Å². The monoisotopic (exact) mass is 465 g/mol. The van der Waals surface area contributed by atoms with Gasteiger partial charge in [-0.05, 0) is 81.4 Å². The molecule has 4 bridgehead atoms. The second-order valence-electron chi connectivity index (χ2n) is 14.0. The first kappa shape index (κ1) is 20.8. The number of hydrogen-bond donors (Lipinski definition) is 1. The van der Waals surface area contributed by atoms with Crippen molar-refractivity contribution >= 4 is 0 Å². The van der Waals surface area contributed by atoms with Gasteiger partial charge in [0.2, 0.25) is 0 Å². The molecule has 9 rings (SSSR count). The number of aromatic hydroxyl groups is 1. The van der Waals surface area contributed by atoms with Crippen molar-refractivity contribution in [1.29, 1.82) is 0 Å². The molecule has 8 aliphatic rings. The standard InChI is InChI=1S/C29H39NO4/c1-25(2,3)26(4)20-14-27-9-10-29(20,33-16-32-26)24-28(27)11-12-30(15-17-5-6-17)21(27)13-18-7-8-19(31)23(34-24)22(18)28/h7-8,17,20-21,24,31H,5-6,9-16H2,1-4H3/t20-,21-,24-,26+,27-,28+,29-/m1/s1. The van der Waals surface area contributed by atoms with Gasteiger partial charge in [0.25, 0.3) is 0 Å². The van der Waals surface area contributed by atoms with Crippen LogP contribution in [-0.4, -0.2) is 53.2 Å². The molecule has 6 fully saturated rings. The zero-order valence-corrected chi connectivity index (χ0v) is 21.2. The molecule has 0 amide bonds. The third kappa shape index (κ3) is 2.06. The van der Waals surface area contributed by atoms with E-state index in [1.807, 2.05) is 6.07 Å². The molecule has 4 saturated carbocycles. The van der Waals surface area contributed by atoms with E-state index in [1.165, 1.54) is 36.9 Å². The van der Waals surface area contributed by atoms with E-state index in [0.717, 1.165) is 43.9 Å². The smallest absolute Gasteiger partial charge is 0.165 e. The van der Waals surface area contributed by atoms with Crippen molar-refractivity contribution in [1.82, 2.24) is 4.90 Å². The highest BCUT2D eigenvalue weighted by Crippen LogP contribution is 2.78. The largest absolute Gasteiger partial charge is 0.504 e. The first-order valence-electron chi connectivity index (χ1n) is 13.7. The van der Waals surface area contributed by atoms with Crippen LogP contribution in [0.15, 0.2) is 12.1 Å². The van der Waals surface area contributed by atoms with Crippen molar-refractivity contribution in [3.05, 3.63) is 23.3 Å². The molecule has 3 aliphatic heterocycles. The van der Waals surface area contributed by atoms with Crippen molar-refractivity contribution in [2.45, 2.75) is 101 Å². The van der Waals surface area contributed by atoms with Gasteiger partial charge >= 0.3 is 0 Å². The van der Waals surface area contributed by atoms with Crippen LogP contribution in [0.5, 0.6) is 11.5 Å². The number of benzene rings is 1. The van der Waals surface area contributed by atoms with Gasteiger partial charge in [-0.3, -0.25) is 4.90 Å². The van der Waals surface area contributed by atoms with Crippen LogP contribution < -0.4 is 4.74 Å². The van der Waals surface area contributed by atoms with Gasteiger partial charge in [0.15, 0.2) is 11.5 Å². The van der Waals surface area contributed by atoms with E-state index < -0.39 is 0 Å². The molecule has 5 heteroatoms. The summed E-state index contributed by atoms with van der Waals surface area (Å²) in [6.07, 6.45) is 8.35. The van der Waals surface area contributed by atoms with E-state index in [-0.39, 0.29) is 39.5 Å². The van der Waals surface area contributed by atoms with Gasteiger partial charge in [0, 0.05) is 34.9 Å². The third-order valence-corrected chi connectivity index (χ3v) is 12.1. The fourth-order valence-corrected chi connectivity index (χ4v) is 10.0. The van der Waals surface area contributed by atoms with Gasteiger partial charge in [-0.1, -0.05) is 26.8 Å². The van der Waals surface area contributed by atoms with Gasteiger partial charge in [0.1, 0.15) is 18.5 Å². The third-order valence-electron chi connectivity index (χ3n) is 12.1. The summed E-state index contributed by atoms with van der Waals surface area (Å²) < 4.78 is 20.4. The number of likely N-dealkylation sites (tertiary alicyclic amines) is 1. The zero-order chi connectivity index (χ0) is 23.3. The molecule has 1 N–H and O–H groups in total. The lowest BCUT2D eigenvalue weighted by molar-refractivity contribution is -0.389. The maximum atomic E-state index is 11.0. The summed E-state index contributed by atoms with van der Waals surface area (Å²) in [7, 11) is 0.